The molecule has 0 unspecified atom stereocenters. The van der Waals surface area contributed by atoms with Crippen LogP contribution in [0, 0.1) is 0 Å². The average Bonchev–Trinajstić information content (AvgIpc) is 2.18. The highest BCUT2D eigenvalue weighted by Crippen LogP contribution is 2.24. The van der Waals surface area contributed by atoms with Crippen molar-refractivity contribution in [2.45, 2.75) is 5.54 Å². The van der Waals surface area contributed by atoms with E-state index >= 15 is 0 Å². The number of piperazine rings is 1. The predicted molar refractivity (Wildman–Crippen MR) is 51.8 cm³/mol. The summed E-state index contributed by atoms with van der Waals surface area (Å²) in [6, 6.07) is 0. The Bertz CT molecular complexity index is 205. The van der Waals surface area contributed by atoms with E-state index in [4.69, 9.17) is 10.5 Å². The zero-order valence-electron chi connectivity index (χ0n) is 8.32. The van der Waals surface area contributed by atoms with Gasteiger partial charge in [-0.05, 0) is 0 Å². The topological polar surface area (TPSA) is 58.8 Å². The van der Waals surface area contributed by atoms with Gasteiger partial charge in [-0.15, -0.1) is 0 Å². The monoisotopic (exact) mass is 199 g/mol. The Morgan fingerprint density at radius 1 is 1.29 bits per heavy atom. The Hall–Kier alpha value is -0.650. The number of hydrogen-bond acceptors (Lipinski definition) is 4. The lowest BCUT2D eigenvalue weighted by Crippen LogP contribution is -2.69. The summed E-state index contributed by atoms with van der Waals surface area (Å²) in [6.07, 6.45) is 0.920. The lowest BCUT2D eigenvalue weighted by Gasteiger charge is -2.51. The van der Waals surface area contributed by atoms with Crippen molar-refractivity contribution in [2.24, 2.45) is 5.73 Å². The van der Waals surface area contributed by atoms with E-state index in [0.717, 1.165) is 45.8 Å². The van der Waals surface area contributed by atoms with E-state index in [-0.39, 0.29) is 5.54 Å². The van der Waals surface area contributed by atoms with E-state index in [2.05, 4.69) is 4.90 Å². The van der Waals surface area contributed by atoms with Gasteiger partial charge in [0, 0.05) is 32.7 Å². The molecule has 2 N–H and O–H groups in total. The van der Waals surface area contributed by atoms with Gasteiger partial charge in [-0.1, -0.05) is 0 Å². The fourth-order valence-corrected chi connectivity index (χ4v) is 2.07. The van der Waals surface area contributed by atoms with Crippen molar-refractivity contribution in [3.63, 3.8) is 0 Å². The molecule has 0 bridgehead atoms. The normalized spacial score (nSPS) is 27.1. The van der Waals surface area contributed by atoms with Crippen molar-refractivity contribution in [2.75, 3.05) is 45.9 Å². The number of ether oxygens (including phenoxy) is 1. The Labute approximate surface area is 83.8 Å². The molecule has 0 radical (unpaired) electrons. The maximum Gasteiger partial charge on any atom is 0.209 e. The summed E-state index contributed by atoms with van der Waals surface area (Å²) in [5.41, 5.74) is 5.83. The summed E-state index contributed by atoms with van der Waals surface area (Å²) >= 11 is 0. The van der Waals surface area contributed by atoms with Crippen LogP contribution in [0.3, 0.4) is 0 Å². The zero-order valence-corrected chi connectivity index (χ0v) is 8.32. The van der Waals surface area contributed by atoms with E-state index in [0.29, 0.717) is 6.54 Å². The van der Waals surface area contributed by atoms with E-state index in [9.17, 15) is 4.79 Å². The number of amides is 1. The highest BCUT2D eigenvalue weighted by atomic mass is 16.5. The number of carbonyl (C=O) groups is 1. The molecule has 1 amide bonds. The molecule has 0 spiro atoms. The average molecular weight is 199 g/mol. The number of carbonyl (C=O) groups excluding carboxylic acids is 1. The highest BCUT2D eigenvalue weighted by Gasteiger charge is 2.43. The summed E-state index contributed by atoms with van der Waals surface area (Å²) in [4.78, 5) is 14.7. The molecule has 0 aromatic rings. The van der Waals surface area contributed by atoms with Gasteiger partial charge in [0.05, 0.1) is 18.8 Å². The lowest BCUT2D eigenvalue weighted by molar-refractivity contribution is -0.147. The van der Waals surface area contributed by atoms with Crippen molar-refractivity contribution >= 4 is 6.41 Å². The first-order valence-corrected chi connectivity index (χ1v) is 5.03. The van der Waals surface area contributed by atoms with E-state index < -0.39 is 0 Å². The van der Waals surface area contributed by atoms with Gasteiger partial charge in [-0.2, -0.15) is 0 Å². The summed E-state index contributed by atoms with van der Waals surface area (Å²) in [6.45, 7) is 5.58. The largest absolute Gasteiger partial charge is 0.377 e. The Kier molecular flexibility index (Phi) is 2.71. The second-order valence-electron chi connectivity index (χ2n) is 4.05. The summed E-state index contributed by atoms with van der Waals surface area (Å²) in [7, 11) is 0. The van der Waals surface area contributed by atoms with Gasteiger partial charge in [0.25, 0.3) is 0 Å². The third kappa shape index (κ3) is 1.51. The van der Waals surface area contributed by atoms with Crippen LogP contribution in [0.25, 0.3) is 0 Å². The molecule has 2 heterocycles. The third-order valence-electron chi connectivity index (χ3n) is 3.26. The molecular formula is C9H17N3O2. The van der Waals surface area contributed by atoms with Crippen molar-refractivity contribution < 1.29 is 9.53 Å². The first-order chi connectivity index (χ1) is 6.80. The summed E-state index contributed by atoms with van der Waals surface area (Å²) in [5, 5.41) is 0. The predicted octanol–water partition coefficient (Wildman–Crippen LogP) is -1.51. The molecule has 2 aliphatic rings. The van der Waals surface area contributed by atoms with Crippen LogP contribution in [-0.4, -0.2) is 67.7 Å². The number of hydrogen-bond donors (Lipinski definition) is 1. The molecule has 0 aromatic heterocycles. The zero-order chi connectivity index (χ0) is 10.0. The maximum absolute atomic E-state index is 10.5. The molecule has 2 rings (SSSR count). The number of nitrogens with two attached hydrogens (primary N) is 1. The first-order valence-electron chi connectivity index (χ1n) is 5.03. The van der Waals surface area contributed by atoms with Gasteiger partial charge in [-0.3, -0.25) is 9.69 Å². The number of rotatable bonds is 3. The lowest BCUT2D eigenvalue weighted by atomic mass is 9.94. The molecule has 5 heteroatoms. The standard InChI is InChI=1S/C9H17N3O2/c10-5-9(6-14-7-9)12-3-1-11(8-13)2-4-12/h8H,1-7,10H2. The van der Waals surface area contributed by atoms with E-state index in [1.165, 1.54) is 0 Å². The number of nitrogens with zero attached hydrogens (tertiary/aromatic N) is 2. The molecule has 2 fully saturated rings. The van der Waals surface area contributed by atoms with Crippen LogP contribution in [0.2, 0.25) is 0 Å². The van der Waals surface area contributed by atoms with Crippen LogP contribution in [0.5, 0.6) is 0 Å². The quantitative estimate of drug-likeness (QED) is 0.561. The van der Waals surface area contributed by atoms with Gasteiger partial charge in [0.15, 0.2) is 0 Å². The maximum atomic E-state index is 10.5. The van der Waals surface area contributed by atoms with Crippen LogP contribution in [-0.2, 0) is 9.53 Å². The molecule has 0 atom stereocenters. The van der Waals surface area contributed by atoms with Gasteiger partial charge >= 0.3 is 0 Å². The van der Waals surface area contributed by atoms with Crippen LogP contribution in [0.4, 0.5) is 0 Å². The fourth-order valence-electron chi connectivity index (χ4n) is 2.07. The van der Waals surface area contributed by atoms with Crippen molar-refractivity contribution in [3.05, 3.63) is 0 Å². The van der Waals surface area contributed by atoms with E-state index in [1.54, 1.807) is 4.90 Å². The minimum Gasteiger partial charge on any atom is -0.377 e. The second kappa shape index (κ2) is 3.84. The molecule has 0 aliphatic carbocycles. The highest BCUT2D eigenvalue weighted by molar-refractivity contribution is 5.47. The molecule has 5 nitrogen and oxygen atoms in total. The Morgan fingerprint density at radius 2 is 1.93 bits per heavy atom. The van der Waals surface area contributed by atoms with Crippen LogP contribution >= 0.6 is 0 Å². The van der Waals surface area contributed by atoms with Crippen molar-refractivity contribution in [3.8, 4) is 0 Å². The molecule has 0 aromatic carbocycles. The molecular weight excluding hydrogens is 182 g/mol. The van der Waals surface area contributed by atoms with Crippen molar-refractivity contribution in [1.29, 1.82) is 0 Å². The van der Waals surface area contributed by atoms with Crippen LogP contribution < -0.4 is 5.73 Å². The summed E-state index contributed by atoms with van der Waals surface area (Å²) < 4.78 is 5.23. The van der Waals surface area contributed by atoms with Gasteiger partial charge in [0.2, 0.25) is 6.41 Å². The molecule has 0 saturated carbocycles. The fraction of sp³-hybridized carbons (Fsp3) is 0.889. The molecule has 80 valence electrons. The Morgan fingerprint density at radius 3 is 2.29 bits per heavy atom. The minimum atomic E-state index is 0.0645. The molecule has 14 heavy (non-hydrogen) atoms. The van der Waals surface area contributed by atoms with E-state index in [1.807, 2.05) is 0 Å². The molecule has 2 saturated heterocycles. The van der Waals surface area contributed by atoms with Gasteiger partial charge in [-0.25, -0.2) is 0 Å². The van der Waals surface area contributed by atoms with Crippen LogP contribution in [0.15, 0.2) is 0 Å². The summed E-state index contributed by atoms with van der Waals surface area (Å²) in [5.74, 6) is 0. The Balaban J connectivity index is 1.90. The minimum absolute atomic E-state index is 0.0645. The smallest absolute Gasteiger partial charge is 0.209 e. The van der Waals surface area contributed by atoms with Crippen molar-refractivity contribution in [1.82, 2.24) is 9.80 Å². The SMILES string of the molecule is NCC1(N2CCN(C=O)CC2)COC1. The third-order valence-corrected chi connectivity index (χ3v) is 3.26. The van der Waals surface area contributed by atoms with Crippen LogP contribution in [0.1, 0.15) is 0 Å². The van der Waals surface area contributed by atoms with Gasteiger partial charge in [0.1, 0.15) is 0 Å². The van der Waals surface area contributed by atoms with Gasteiger partial charge < -0.3 is 15.4 Å². The first kappa shape index (κ1) is 9.89. The second-order valence-corrected chi connectivity index (χ2v) is 4.05. The molecule has 2 aliphatic heterocycles.